The van der Waals surface area contributed by atoms with E-state index in [4.69, 9.17) is 22.6 Å². The number of nitrogens with two attached hydrogens (primary N) is 1. The first-order valence-electron chi connectivity index (χ1n) is 3.58. The molecule has 0 atom stereocenters. The van der Waals surface area contributed by atoms with E-state index in [1.165, 1.54) is 24.4 Å². The molecule has 0 unspecified atom stereocenters. The van der Waals surface area contributed by atoms with Gasteiger partial charge in [-0.05, 0) is 18.2 Å². The second-order valence-corrected chi connectivity index (χ2v) is 2.78. The molecular weight excluding hydrogens is 207 g/mol. The third kappa shape index (κ3) is 2.61. The SMILES string of the molecule is N#C/N=C(\N)Nc1cc(Cl)ccc1F. The monoisotopic (exact) mass is 212 g/mol. The number of nitrogens with one attached hydrogen (secondary N) is 1. The zero-order chi connectivity index (χ0) is 10.6. The van der Waals surface area contributed by atoms with Crippen molar-refractivity contribution < 1.29 is 4.39 Å². The fourth-order valence-corrected chi connectivity index (χ4v) is 0.985. The van der Waals surface area contributed by atoms with Crippen molar-refractivity contribution in [2.45, 2.75) is 0 Å². The number of nitrogens with zero attached hydrogens (tertiary/aromatic N) is 2. The predicted molar refractivity (Wildman–Crippen MR) is 52.3 cm³/mol. The van der Waals surface area contributed by atoms with E-state index >= 15 is 0 Å². The normalized spacial score (nSPS) is 10.8. The van der Waals surface area contributed by atoms with Gasteiger partial charge in [-0.15, -0.1) is 4.99 Å². The molecule has 1 aromatic carbocycles. The van der Waals surface area contributed by atoms with Crippen LogP contribution in [-0.2, 0) is 0 Å². The van der Waals surface area contributed by atoms with E-state index < -0.39 is 5.82 Å². The Bertz CT molecular complexity index is 410. The Labute approximate surface area is 84.8 Å². The lowest BCUT2D eigenvalue weighted by molar-refractivity contribution is 0.632. The third-order valence-corrected chi connectivity index (χ3v) is 1.60. The van der Waals surface area contributed by atoms with Gasteiger partial charge in [-0.1, -0.05) is 11.6 Å². The summed E-state index contributed by atoms with van der Waals surface area (Å²) < 4.78 is 13.1. The Morgan fingerprint density at radius 3 is 3.00 bits per heavy atom. The van der Waals surface area contributed by atoms with Crippen LogP contribution in [-0.4, -0.2) is 5.96 Å². The highest BCUT2D eigenvalue weighted by atomic mass is 35.5. The van der Waals surface area contributed by atoms with Gasteiger partial charge in [0.05, 0.1) is 5.69 Å². The number of rotatable bonds is 1. The average Bonchev–Trinajstić information content (AvgIpc) is 2.12. The largest absolute Gasteiger partial charge is 0.369 e. The molecule has 72 valence electrons. The number of halogens is 2. The first-order chi connectivity index (χ1) is 6.63. The highest BCUT2D eigenvalue weighted by Crippen LogP contribution is 2.18. The van der Waals surface area contributed by atoms with Gasteiger partial charge >= 0.3 is 0 Å². The van der Waals surface area contributed by atoms with Gasteiger partial charge < -0.3 is 11.1 Å². The summed E-state index contributed by atoms with van der Waals surface area (Å²) in [7, 11) is 0. The van der Waals surface area contributed by atoms with Crippen LogP contribution in [0.5, 0.6) is 0 Å². The van der Waals surface area contributed by atoms with Crippen LogP contribution in [0.15, 0.2) is 23.2 Å². The van der Waals surface area contributed by atoms with Gasteiger partial charge in [-0.25, -0.2) is 4.39 Å². The maximum absolute atomic E-state index is 13.1. The number of guanidine groups is 1. The Hall–Kier alpha value is -1.80. The fourth-order valence-electron chi connectivity index (χ4n) is 0.813. The molecule has 1 aromatic rings. The quantitative estimate of drug-likeness (QED) is 0.423. The number of nitriles is 1. The molecule has 4 nitrogen and oxygen atoms in total. The molecule has 0 saturated heterocycles. The molecule has 0 bridgehead atoms. The van der Waals surface area contributed by atoms with Crippen LogP contribution in [0, 0.1) is 17.3 Å². The standard InChI is InChI=1S/C8H6ClFN4/c9-5-1-2-6(10)7(3-5)14-8(12)13-4-11/h1-3H,(H3,12,13,14). The highest BCUT2D eigenvalue weighted by molar-refractivity contribution is 6.30. The van der Waals surface area contributed by atoms with Crippen molar-refractivity contribution in [3.8, 4) is 6.19 Å². The van der Waals surface area contributed by atoms with Gasteiger partial charge in [-0.2, -0.15) is 5.26 Å². The van der Waals surface area contributed by atoms with Crippen LogP contribution < -0.4 is 11.1 Å². The Balaban J connectivity index is 2.92. The van der Waals surface area contributed by atoms with Crippen LogP contribution in [0.4, 0.5) is 10.1 Å². The van der Waals surface area contributed by atoms with Crippen molar-refractivity contribution in [3.63, 3.8) is 0 Å². The molecule has 1 rings (SSSR count). The molecule has 6 heteroatoms. The summed E-state index contributed by atoms with van der Waals surface area (Å²) >= 11 is 5.62. The van der Waals surface area contributed by atoms with Crippen LogP contribution >= 0.6 is 11.6 Å². The van der Waals surface area contributed by atoms with Crippen molar-refractivity contribution >= 4 is 23.2 Å². The minimum Gasteiger partial charge on any atom is -0.369 e. The Morgan fingerprint density at radius 1 is 1.64 bits per heavy atom. The van der Waals surface area contributed by atoms with E-state index in [9.17, 15) is 4.39 Å². The van der Waals surface area contributed by atoms with Crippen molar-refractivity contribution in [2.75, 3.05) is 5.32 Å². The van der Waals surface area contributed by atoms with Crippen molar-refractivity contribution in [1.29, 1.82) is 5.26 Å². The van der Waals surface area contributed by atoms with Crippen LogP contribution in [0.2, 0.25) is 5.02 Å². The molecule has 0 spiro atoms. The van der Waals surface area contributed by atoms with Crippen LogP contribution in [0.3, 0.4) is 0 Å². The summed E-state index contributed by atoms with van der Waals surface area (Å²) in [5.41, 5.74) is 5.32. The van der Waals surface area contributed by atoms with E-state index in [-0.39, 0.29) is 11.6 Å². The molecular formula is C8H6ClFN4. The molecule has 0 aliphatic heterocycles. The fraction of sp³-hybridized carbons (Fsp3) is 0. The van der Waals surface area contributed by atoms with Gasteiger partial charge in [0.25, 0.3) is 0 Å². The summed E-state index contributed by atoms with van der Waals surface area (Å²) in [6.45, 7) is 0. The minimum absolute atomic E-state index is 0.0778. The zero-order valence-corrected chi connectivity index (χ0v) is 7.72. The zero-order valence-electron chi connectivity index (χ0n) is 6.96. The first-order valence-corrected chi connectivity index (χ1v) is 3.95. The third-order valence-electron chi connectivity index (χ3n) is 1.36. The number of aliphatic imine (C=N–C) groups is 1. The molecule has 0 amide bonds. The van der Waals surface area contributed by atoms with Crippen molar-refractivity contribution in [1.82, 2.24) is 0 Å². The van der Waals surface area contributed by atoms with E-state index in [1.807, 2.05) is 0 Å². The van der Waals surface area contributed by atoms with Gasteiger partial charge in [0.2, 0.25) is 12.2 Å². The van der Waals surface area contributed by atoms with Crippen LogP contribution in [0.1, 0.15) is 0 Å². The second-order valence-electron chi connectivity index (χ2n) is 2.35. The van der Waals surface area contributed by atoms with E-state index in [0.29, 0.717) is 5.02 Å². The summed E-state index contributed by atoms with van der Waals surface area (Å²) in [6.07, 6.45) is 1.47. The lowest BCUT2D eigenvalue weighted by Crippen LogP contribution is -2.22. The maximum Gasteiger partial charge on any atom is 0.209 e. The van der Waals surface area contributed by atoms with Crippen molar-refractivity contribution in [2.24, 2.45) is 10.7 Å². The first kappa shape index (κ1) is 10.3. The topological polar surface area (TPSA) is 74.2 Å². The molecule has 0 heterocycles. The van der Waals surface area contributed by atoms with E-state index in [2.05, 4.69) is 10.3 Å². The molecule has 14 heavy (non-hydrogen) atoms. The molecule has 0 aromatic heterocycles. The van der Waals surface area contributed by atoms with Gasteiger partial charge in [0, 0.05) is 5.02 Å². The summed E-state index contributed by atoms with van der Waals surface area (Å²) in [5.74, 6) is -0.709. The summed E-state index contributed by atoms with van der Waals surface area (Å²) in [6, 6.07) is 3.93. The van der Waals surface area contributed by atoms with Gasteiger partial charge in [0.1, 0.15) is 5.82 Å². The predicted octanol–water partition coefficient (Wildman–Crippen LogP) is 1.69. The van der Waals surface area contributed by atoms with Gasteiger partial charge in [0.15, 0.2) is 0 Å². The molecule has 0 fully saturated rings. The number of benzene rings is 1. The molecule has 0 aliphatic rings. The van der Waals surface area contributed by atoms with Crippen molar-refractivity contribution in [3.05, 3.63) is 29.0 Å². The molecule has 0 radical (unpaired) electrons. The summed E-state index contributed by atoms with van der Waals surface area (Å²) in [4.78, 5) is 3.17. The van der Waals surface area contributed by atoms with Crippen LogP contribution in [0.25, 0.3) is 0 Å². The lowest BCUT2D eigenvalue weighted by Gasteiger charge is -2.05. The molecule has 3 N–H and O–H groups in total. The van der Waals surface area contributed by atoms with E-state index in [1.54, 1.807) is 0 Å². The lowest BCUT2D eigenvalue weighted by atomic mass is 10.3. The molecule has 0 saturated carbocycles. The highest BCUT2D eigenvalue weighted by Gasteiger charge is 2.03. The smallest absolute Gasteiger partial charge is 0.209 e. The second kappa shape index (κ2) is 4.44. The number of anilines is 1. The van der Waals surface area contributed by atoms with E-state index in [0.717, 1.165) is 0 Å². The molecule has 0 aliphatic carbocycles. The average molecular weight is 213 g/mol. The number of hydrogen-bond acceptors (Lipinski definition) is 2. The maximum atomic E-state index is 13.1. The minimum atomic E-state index is -0.523. The van der Waals surface area contributed by atoms with Gasteiger partial charge in [-0.3, -0.25) is 0 Å². The number of hydrogen-bond donors (Lipinski definition) is 2. The Kier molecular flexibility index (Phi) is 3.26. The summed E-state index contributed by atoms with van der Waals surface area (Å²) in [5, 5.41) is 10.9. The Morgan fingerprint density at radius 2 is 2.36 bits per heavy atom.